The van der Waals surface area contributed by atoms with E-state index in [4.69, 9.17) is 28.6 Å². The first-order chi connectivity index (χ1) is 13.0. The van der Waals surface area contributed by atoms with E-state index in [0.29, 0.717) is 21.3 Å². The zero-order chi connectivity index (χ0) is 19.4. The zero-order valence-electron chi connectivity index (χ0n) is 13.8. The minimum atomic E-state index is -0.531. The maximum atomic E-state index is 12.5. The number of aromatic nitrogens is 2. The maximum Gasteiger partial charge on any atom is 0.265 e. The molecule has 3 rings (SSSR count). The van der Waals surface area contributed by atoms with Crippen LogP contribution in [0.15, 0.2) is 42.5 Å². The SMILES string of the molecule is C=CCN1C(=O)C(=Cc2ccc(OCc3nnsc3Cl)cc2)C(=O)NC1=S. The van der Waals surface area contributed by atoms with Crippen molar-refractivity contribution in [1.82, 2.24) is 19.8 Å². The normalized spacial score (nSPS) is 15.8. The quantitative estimate of drug-likeness (QED) is 0.334. The van der Waals surface area contributed by atoms with Crippen LogP contribution in [-0.4, -0.2) is 38.0 Å². The number of benzene rings is 1. The molecule has 0 saturated carbocycles. The highest BCUT2D eigenvalue weighted by Gasteiger charge is 2.32. The summed E-state index contributed by atoms with van der Waals surface area (Å²) < 4.78 is 9.82. The standard InChI is InChI=1S/C17H13ClN4O3S2/c1-2-7-22-16(24)12(15(23)19-17(22)26)8-10-3-5-11(6-4-10)25-9-13-14(18)27-21-20-13/h2-6,8H,1,7,9H2,(H,19,23,26). The monoisotopic (exact) mass is 420 g/mol. The van der Waals surface area contributed by atoms with Crippen LogP contribution in [0, 0.1) is 0 Å². The van der Waals surface area contributed by atoms with E-state index in [-0.39, 0.29) is 23.8 Å². The van der Waals surface area contributed by atoms with Gasteiger partial charge >= 0.3 is 0 Å². The molecular formula is C17H13ClN4O3S2. The summed E-state index contributed by atoms with van der Waals surface area (Å²) in [6.07, 6.45) is 3.04. The molecule has 0 unspecified atom stereocenters. The van der Waals surface area contributed by atoms with Crippen molar-refractivity contribution >= 4 is 58.4 Å². The molecule has 0 radical (unpaired) electrons. The Morgan fingerprint density at radius 2 is 2.07 bits per heavy atom. The lowest BCUT2D eigenvalue weighted by atomic mass is 10.1. The van der Waals surface area contributed by atoms with Gasteiger partial charge in [-0.15, -0.1) is 11.7 Å². The van der Waals surface area contributed by atoms with Crippen molar-refractivity contribution in [3.8, 4) is 5.75 Å². The van der Waals surface area contributed by atoms with Crippen molar-refractivity contribution in [1.29, 1.82) is 0 Å². The van der Waals surface area contributed by atoms with Crippen LogP contribution in [0.25, 0.3) is 6.08 Å². The molecule has 7 nitrogen and oxygen atoms in total. The second-order valence-electron chi connectivity index (χ2n) is 5.37. The smallest absolute Gasteiger partial charge is 0.265 e. The van der Waals surface area contributed by atoms with Crippen LogP contribution >= 0.6 is 35.4 Å². The van der Waals surface area contributed by atoms with Crippen molar-refractivity contribution in [2.75, 3.05) is 6.54 Å². The van der Waals surface area contributed by atoms with Gasteiger partial charge in [-0.2, -0.15) is 0 Å². The Kier molecular flexibility index (Phi) is 5.94. The summed E-state index contributed by atoms with van der Waals surface area (Å²) in [6.45, 7) is 4.00. The summed E-state index contributed by atoms with van der Waals surface area (Å²) in [6, 6.07) is 6.90. The fourth-order valence-electron chi connectivity index (χ4n) is 2.25. The largest absolute Gasteiger partial charge is 0.487 e. The third kappa shape index (κ3) is 4.38. The second kappa shape index (κ2) is 8.38. The van der Waals surface area contributed by atoms with Crippen molar-refractivity contribution in [2.45, 2.75) is 6.61 Å². The highest BCUT2D eigenvalue weighted by molar-refractivity contribution is 7.80. The van der Waals surface area contributed by atoms with E-state index in [0.717, 1.165) is 11.5 Å². The second-order valence-corrected chi connectivity index (χ2v) is 7.12. The highest BCUT2D eigenvalue weighted by Crippen LogP contribution is 2.21. The molecule has 2 aromatic rings. The Morgan fingerprint density at radius 1 is 1.33 bits per heavy atom. The maximum absolute atomic E-state index is 12.5. The van der Waals surface area contributed by atoms with Crippen LogP contribution in [-0.2, 0) is 16.2 Å². The molecule has 2 heterocycles. The Labute approximate surface area is 169 Å². The average Bonchev–Trinajstić information content (AvgIpc) is 3.06. The molecule has 0 bridgehead atoms. The van der Waals surface area contributed by atoms with Gasteiger partial charge in [0.1, 0.15) is 28.0 Å². The number of halogens is 1. The van der Waals surface area contributed by atoms with Crippen molar-refractivity contribution in [3.63, 3.8) is 0 Å². The minimum Gasteiger partial charge on any atom is -0.487 e. The third-order valence-corrected chi connectivity index (χ3v) is 4.88. The van der Waals surface area contributed by atoms with E-state index < -0.39 is 11.8 Å². The number of amides is 2. The molecule has 1 aromatic heterocycles. The van der Waals surface area contributed by atoms with Crippen LogP contribution in [0.5, 0.6) is 5.75 Å². The molecule has 0 aliphatic carbocycles. The Balaban J connectivity index is 1.73. The summed E-state index contributed by atoms with van der Waals surface area (Å²) in [5.74, 6) is -0.402. The van der Waals surface area contributed by atoms with Gasteiger partial charge in [0.25, 0.3) is 11.8 Å². The first kappa shape index (κ1) is 19.2. The molecule has 1 aromatic carbocycles. The van der Waals surface area contributed by atoms with E-state index in [1.807, 2.05) is 0 Å². The number of hydrogen-bond acceptors (Lipinski definition) is 7. The predicted molar refractivity (Wildman–Crippen MR) is 106 cm³/mol. The molecule has 1 N–H and O–H groups in total. The lowest BCUT2D eigenvalue weighted by molar-refractivity contribution is -0.128. The average molecular weight is 421 g/mol. The molecule has 138 valence electrons. The van der Waals surface area contributed by atoms with E-state index in [9.17, 15) is 9.59 Å². The van der Waals surface area contributed by atoms with Gasteiger partial charge in [0.15, 0.2) is 5.11 Å². The minimum absolute atomic E-state index is 0.000511. The summed E-state index contributed by atoms with van der Waals surface area (Å²) in [7, 11) is 0. The van der Waals surface area contributed by atoms with Gasteiger partial charge in [0.2, 0.25) is 0 Å². The van der Waals surface area contributed by atoms with Crippen LogP contribution < -0.4 is 10.1 Å². The fraction of sp³-hybridized carbons (Fsp3) is 0.118. The van der Waals surface area contributed by atoms with E-state index in [2.05, 4.69) is 21.5 Å². The molecule has 1 fully saturated rings. The van der Waals surface area contributed by atoms with Crippen molar-refractivity contribution < 1.29 is 14.3 Å². The number of rotatable bonds is 6. The lowest BCUT2D eigenvalue weighted by Gasteiger charge is -2.27. The van der Waals surface area contributed by atoms with Crippen molar-refractivity contribution in [2.24, 2.45) is 0 Å². The van der Waals surface area contributed by atoms with Gasteiger partial charge in [-0.1, -0.05) is 34.3 Å². The number of carbonyl (C=O) groups is 2. The van der Waals surface area contributed by atoms with E-state index in [1.165, 1.54) is 17.1 Å². The predicted octanol–water partition coefficient (Wildman–Crippen LogP) is 2.58. The van der Waals surface area contributed by atoms with Gasteiger partial charge in [-0.05, 0) is 36.0 Å². The fourth-order valence-corrected chi connectivity index (χ4v) is 3.10. The van der Waals surface area contributed by atoms with Gasteiger partial charge in [0, 0.05) is 18.1 Å². The Morgan fingerprint density at radius 3 is 2.70 bits per heavy atom. The third-order valence-electron chi connectivity index (χ3n) is 3.57. The Bertz CT molecular complexity index is 940. The summed E-state index contributed by atoms with van der Waals surface area (Å²) in [5, 5.41) is 6.44. The lowest BCUT2D eigenvalue weighted by Crippen LogP contribution is -2.53. The number of ether oxygens (including phenoxy) is 1. The van der Waals surface area contributed by atoms with Gasteiger partial charge in [-0.3, -0.25) is 19.8 Å². The molecule has 2 amide bonds. The van der Waals surface area contributed by atoms with Crippen molar-refractivity contribution in [3.05, 3.63) is 58.1 Å². The molecule has 0 atom stereocenters. The zero-order valence-corrected chi connectivity index (χ0v) is 16.2. The molecule has 1 aliphatic rings. The Hall–Kier alpha value is -2.62. The molecule has 0 spiro atoms. The number of nitrogens with one attached hydrogen (secondary N) is 1. The number of hydrogen-bond donors (Lipinski definition) is 1. The number of carbonyl (C=O) groups excluding carboxylic acids is 2. The van der Waals surface area contributed by atoms with Crippen LogP contribution in [0.3, 0.4) is 0 Å². The first-order valence-electron chi connectivity index (χ1n) is 7.69. The van der Waals surface area contributed by atoms with Gasteiger partial charge < -0.3 is 4.74 Å². The van der Waals surface area contributed by atoms with E-state index in [1.54, 1.807) is 24.3 Å². The topological polar surface area (TPSA) is 84.4 Å². The molecule has 27 heavy (non-hydrogen) atoms. The van der Waals surface area contributed by atoms with Crippen LogP contribution in [0.2, 0.25) is 4.34 Å². The molecule has 1 aliphatic heterocycles. The summed E-state index contributed by atoms with van der Waals surface area (Å²) in [4.78, 5) is 25.9. The highest BCUT2D eigenvalue weighted by atomic mass is 35.5. The number of nitrogens with zero attached hydrogens (tertiary/aromatic N) is 3. The van der Waals surface area contributed by atoms with Crippen LogP contribution in [0.4, 0.5) is 0 Å². The molecule has 10 heteroatoms. The number of thiocarbonyl (C=S) groups is 1. The van der Waals surface area contributed by atoms with Crippen LogP contribution in [0.1, 0.15) is 11.3 Å². The van der Waals surface area contributed by atoms with Gasteiger partial charge in [0.05, 0.1) is 0 Å². The molecule has 1 saturated heterocycles. The summed E-state index contributed by atoms with van der Waals surface area (Å²) in [5.41, 5.74) is 1.23. The van der Waals surface area contributed by atoms with Gasteiger partial charge in [-0.25, -0.2) is 0 Å². The first-order valence-corrected chi connectivity index (χ1v) is 9.25. The van der Waals surface area contributed by atoms with E-state index >= 15 is 0 Å². The molecular weight excluding hydrogens is 408 g/mol. The summed E-state index contributed by atoms with van der Waals surface area (Å²) >= 11 is 12.0.